The molecule has 112 valence electrons. The summed E-state index contributed by atoms with van der Waals surface area (Å²) in [5.74, 6) is 1.21. The van der Waals surface area contributed by atoms with E-state index in [0.717, 1.165) is 17.2 Å². The zero-order chi connectivity index (χ0) is 15.2. The van der Waals surface area contributed by atoms with E-state index in [2.05, 4.69) is 41.5 Å². The van der Waals surface area contributed by atoms with Crippen LogP contribution in [0.25, 0.3) is 0 Å². The Bertz CT molecular complexity index is 595. The van der Waals surface area contributed by atoms with Crippen molar-refractivity contribution >= 4 is 22.4 Å². The van der Waals surface area contributed by atoms with E-state index in [1.165, 1.54) is 23.8 Å². The van der Waals surface area contributed by atoms with Crippen LogP contribution in [0, 0.1) is 0 Å². The summed E-state index contributed by atoms with van der Waals surface area (Å²) in [6, 6.07) is 8.12. The Kier molecular flexibility index (Phi) is 5.27. The van der Waals surface area contributed by atoms with Crippen molar-refractivity contribution in [2.45, 2.75) is 39.7 Å². The van der Waals surface area contributed by atoms with E-state index in [1.807, 2.05) is 12.1 Å². The van der Waals surface area contributed by atoms with Crippen molar-refractivity contribution in [3.63, 3.8) is 0 Å². The van der Waals surface area contributed by atoms with Gasteiger partial charge in [0, 0.05) is 6.92 Å². The molecule has 5 nitrogen and oxygen atoms in total. The van der Waals surface area contributed by atoms with Crippen LogP contribution in [0.1, 0.15) is 43.7 Å². The lowest BCUT2D eigenvalue weighted by atomic mass is 9.99. The van der Waals surface area contributed by atoms with Crippen LogP contribution in [-0.4, -0.2) is 16.1 Å². The van der Waals surface area contributed by atoms with E-state index >= 15 is 0 Å². The summed E-state index contributed by atoms with van der Waals surface area (Å²) in [7, 11) is 0. The van der Waals surface area contributed by atoms with Gasteiger partial charge in [0.05, 0.1) is 0 Å². The molecule has 0 aliphatic rings. The standard InChI is InChI=1S/C15H19N3O2S/c1-4-10(2)12-5-7-13(8-6-12)20-9-14-17-18-15(21-14)16-11(3)19/h5-8,10H,4,9H2,1-3H3,(H,16,18,19). The van der Waals surface area contributed by atoms with Crippen molar-refractivity contribution in [2.24, 2.45) is 0 Å². The van der Waals surface area contributed by atoms with Gasteiger partial charge in [0.25, 0.3) is 0 Å². The number of carbonyl (C=O) groups excluding carboxylic acids is 1. The number of ether oxygens (including phenoxy) is 1. The topological polar surface area (TPSA) is 64.1 Å². The number of nitrogens with one attached hydrogen (secondary N) is 1. The lowest BCUT2D eigenvalue weighted by Crippen LogP contribution is -2.04. The summed E-state index contributed by atoms with van der Waals surface area (Å²) in [4.78, 5) is 10.9. The van der Waals surface area contributed by atoms with Crippen molar-refractivity contribution in [1.29, 1.82) is 0 Å². The molecule has 2 aromatic rings. The van der Waals surface area contributed by atoms with Gasteiger partial charge in [-0.15, -0.1) is 10.2 Å². The molecule has 1 aromatic heterocycles. The van der Waals surface area contributed by atoms with Crippen molar-refractivity contribution in [3.05, 3.63) is 34.8 Å². The van der Waals surface area contributed by atoms with E-state index in [1.54, 1.807) is 0 Å². The molecule has 0 aliphatic heterocycles. The summed E-state index contributed by atoms with van der Waals surface area (Å²) in [6.45, 7) is 6.17. The molecule has 0 fully saturated rings. The van der Waals surface area contributed by atoms with Gasteiger partial charge < -0.3 is 10.1 Å². The molecule has 1 unspecified atom stereocenters. The number of aromatic nitrogens is 2. The first-order valence-corrected chi connectivity index (χ1v) is 7.73. The first-order valence-electron chi connectivity index (χ1n) is 6.91. The van der Waals surface area contributed by atoms with Crippen molar-refractivity contribution in [2.75, 3.05) is 5.32 Å². The minimum absolute atomic E-state index is 0.153. The highest BCUT2D eigenvalue weighted by atomic mass is 32.1. The third kappa shape index (κ3) is 4.53. The van der Waals surface area contributed by atoms with E-state index in [-0.39, 0.29) is 5.91 Å². The third-order valence-electron chi connectivity index (χ3n) is 3.17. The lowest BCUT2D eigenvalue weighted by molar-refractivity contribution is -0.114. The lowest BCUT2D eigenvalue weighted by Gasteiger charge is -2.10. The average molecular weight is 305 g/mol. The molecule has 1 heterocycles. The summed E-state index contributed by atoms with van der Waals surface area (Å²) >= 11 is 1.31. The maximum Gasteiger partial charge on any atom is 0.223 e. The normalized spacial score (nSPS) is 12.0. The molecule has 0 spiro atoms. The number of rotatable bonds is 6. The molecule has 6 heteroatoms. The molecule has 0 radical (unpaired) electrons. The molecule has 1 atom stereocenters. The predicted molar refractivity (Wildman–Crippen MR) is 83.7 cm³/mol. The summed E-state index contributed by atoms with van der Waals surface area (Å²) < 4.78 is 5.67. The maximum absolute atomic E-state index is 10.9. The second kappa shape index (κ2) is 7.17. The van der Waals surface area contributed by atoms with Crippen LogP contribution >= 0.6 is 11.3 Å². The van der Waals surface area contributed by atoms with Gasteiger partial charge in [0.2, 0.25) is 11.0 Å². The van der Waals surface area contributed by atoms with Crippen LogP contribution in [0.2, 0.25) is 0 Å². The monoisotopic (exact) mass is 305 g/mol. The summed E-state index contributed by atoms with van der Waals surface area (Å²) in [6.07, 6.45) is 1.12. The molecule has 0 aliphatic carbocycles. The number of anilines is 1. The first-order chi connectivity index (χ1) is 10.1. The van der Waals surface area contributed by atoms with Crippen LogP contribution in [0.4, 0.5) is 5.13 Å². The SMILES string of the molecule is CCC(C)c1ccc(OCc2nnc(NC(C)=O)s2)cc1. The van der Waals surface area contributed by atoms with Gasteiger partial charge in [0.15, 0.2) is 5.01 Å². The Morgan fingerprint density at radius 2 is 2.05 bits per heavy atom. The van der Waals surface area contributed by atoms with Crippen molar-refractivity contribution < 1.29 is 9.53 Å². The fraction of sp³-hybridized carbons (Fsp3) is 0.400. The van der Waals surface area contributed by atoms with Gasteiger partial charge in [-0.3, -0.25) is 4.79 Å². The van der Waals surface area contributed by atoms with Crippen LogP contribution in [-0.2, 0) is 11.4 Å². The zero-order valence-corrected chi connectivity index (χ0v) is 13.2. The van der Waals surface area contributed by atoms with Gasteiger partial charge in [-0.1, -0.05) is 37.3 Å². The summed E-state index contributed by atoms with van der Waals surface area (Å²) in [5.41, 5.74) is 1.31. The summed E-state index contributed by atoms with van der Waals surface area (Å²) in [5, 5.41) is 11.7. The molecular formula is C15H19N3O2S. The molecule has 0 saturated carbocycles. The smallest absolute Gasteiger partial charge is 0.223 e. The minimum Gasteiger partial charge on any atom is -0.486 e. The molecule has 21 heavy (non-hydrogen) atoms. The fourth-order valence-corrected chi connectivity index (χ4v) is 2.49. The van der Waals surface area contributed by atoms with Gasteiger partial charge in [-0.2, -0.15) is 0 Å². The zero-order valence-electron chi connectivity index (χ0n) is 12.4. The van der Waals surface area contributed by atoms with Gasteiger partial charge in [0.1, 0.15) is 12.4 Å². The molecule has 1 N–H and O–H groups in total. The van der Waals surface area contributed by atoms with Crippen LogP contribution in [0.5, 0.6) is 5.75 Å². The van der Waals surface area contributed by atoms with E-state index in [4.69, 9.17) is 4.74 Å². The number of nitrogens with zero attached hydrogens (tertiary/aromatic N) is 2. The van der Waals surface area contributed by atoms with Crippen molar-refractivity contribution in [3.8, 4) is 5.75 Å². The van der Waals surface area contributed by atoms with Crippen LogP contribution < -0.4 is 10.1 Å². The highest BCUT2D eigenvalue weighted by Gasteiger charge is 2.07. The van der Waals surface area contributed by atoms with Gasteiger partial charge in [-0.25, -0.2) is 0 Å². The van der Waals surface area contributed by atoms with E-state index in [9.17, 15) is 4.79 Å². The average Bonchev–Trinajstić information content (AvgIpc) is 2.91. The second-order valence-corrected chi connectivity index (χ2v) is 5.91. The Hall–Kier alpha value is -1.95. The Morgan fingerprint density at radius 1 is 1.33 bits per heavy atom. The fourth-order valence-electron chi connectivity index (χ4n) is 1.79. The number of amides is 1. The second-order valence-electron chi connectivity index (χ2n) is 4.85. The highest BCUT2D eigenvalue weighted by molar-refractivity contribution is 7.15. The van der Waals surface area contributed by atoms with Gasteiger partial charge >= 0.3 is 0 Å². The quantitative estimate of drug-likeness (QED) is 0.886. The Labute approximate surface area is 128 Å². The molecule has 0 saturated heterocycles. The van der Waals surface area contributed by atoms with Gasteiger partial charge in [-0.05, 0) is 30.0 Å². The molecule has 2 rings (SSSR count). The molecule has 0 bridgehead atoms. The van der Waals surface area contributed by atoms with E-state index < -0.39 is 0 Å². The molecular weight excluding hydrogens is 286 g/mol. The number of carbonyl (C=O) groups is 1. The number of hydrogen-bond acceptors (Lipinski definition) is 5. The Balaban J connectivity index is 1.90. The minimum atomic E-state index is -0.153. The predicted octanol–water partition coefficient (Wildman–Crippen LogP) is 3.59. The number of hydrogen-bond donors (Lipinski definition) is 1. The van der Waals surface area contributed by atoms with Crippen LogP contribution in [0.3, 0.4) is 0 Å². The number of benzene rings is 1. The van der Waals surface area contributed by atoms with Crippen LogP contribution in [0.15, 0.2) is 24.3 Å². The largest absolute Gasteiger partial charge is 0.486 e. The highest BCUT2D eigenvalue weighted by Crippen LogP contribution is 2.22. The van der Waals surface area contributed by atoms with Crippen molar-refractivity contribution in [1.82, 2.24) is 10.2 Å². The third-order valence-corrected chi connectivity index (χ3v) is 3.99. The molecule has 1 amide bonds. The maximum atomic E-state index is 10.9. The molecule has 1 aromatic carbocycles. The Morgan fingerprint density at radius 3 is 2.67 bits per heavy atom. The first kappa shape index (κ1) is 15.4. The van der Waals surface area contributed by atoms with E-state index in [0.29, 0.717) is 17.7 Å².